The van der Waals surface area contributed by atoms with Gasteiger partial charge in [-0.2, -0.15) is 0 Å². The van der Waals surface area contributed by atoms with Gasteiger partial charge in [0.25, 0.3) is 0 Å². The van der Waals surface area contributed by atoms with E-state index in [2.05, 4.69) is 5.32 Å². The number of carbonyl (C=O) groups is 1. The lowest BCUT2D eigenvalue weighted by atomic mass is 10.0. The first-order chi connectivity index (χ1) is 9.13. The number of hydrogen-bond acceptors (Lipinski definition) is 3. The van der Waals surface area contributed by atoms with Crippen LogP contribution in [-0.4, -0.2) is 42.0 Å². The summed E-state index contributed by atoms with van der Waals surface area (Å²) < 4.78 is 13.7. The SMILES string of the molecule is CN(CCO)C(=O)NC1CCSc2c(F)cccc21. The number of rotatable bonds is 3. The zero-order chi connectivity index (χ0) is 13.8. The van der Waals surface area contributed by atoms with Gasteiger partial charge in [0.2, 0.25) is 0 Å². The second kappa shape index (κ2) is 6.25. The average molecular weight is 284 g/mol. The lowest BCUT2D eigenvalue weighted by molar-refractivity contribution is 0.186. The molecule has 0 saturated carbocycles. The van der Waals surface area contributed by atoms with Crippen LogP contribution in [0, 0.1) is 5.82 Å². The van der Waals surface area contributed by atoms with E-state index in [1.165, 1.54) is 22.7 Å². The molecule has 1 atom stereocenters. The van der Waals surface area contributed by atoms with Crippen LogP contribution >= 0.6 is 11.8 Å². The van der Waals surface area contributed by atoms with Crippen LogP contribution in [0.25, 0.3) is 0 Å². The standard InChI is InChI=1S/C13H17FN2O2S/c1-16(6-7-17)13(18)15-11-5-8-19-12-9(11)3-2-4-10(12)14/h2-4,11,17H,5-8H2,1H3,(H,15,18). The van der Waals surface area contributed by atoms with Gasteiger partial charge in [-0.15, -0.1) is 11.8 Å². The maximum Gasteiger partial charge on any atom is 0.317 e. The van der Waals surface area contributed by atoms with Crippen molar-refractivity contribution in [1.29, 1.82) is 0 Å². The van der Waals surface area contributed by atoms with Crippen molar-refractivity contribution in [2.75, 3.05) is 26.0 Å². The quantitative estimate of drug-likeness (QED) is 0.892. The predicted octanol–water partition coefficient (Wildman–Crippen LogP) is 2.00. The van der Waals surface area contributed by atoms with Crippen LogP contribution < -0.4 is 5.32 Å². The van der Waals surface area contributed by atoms with Crippen LogP contribution in [0.5, 0.6) is 0 Å². The van der Waals surface area contributed by atoms with Crippen molar-refractivity contribution in [2.24, 2.45) is 0 Å². The molecule has 0 aromatic heterocycles. The van der Waals surface area contributed by atoms with E-state index >= 15 is 0 Å². The third-order valence-electron chi connectivity index (χ3n) is 3.11. The van der Waals surface area contributed by atoms with E-state index < -0.39 is 0 Å². The zero-order valence-corrected chi connectivity index (χ0v) is 11.5. The summed E-state index contributed by atoms with van der Waals surface area (Å²) in [6.07, 6.45) is 0.778. The number of likely N-dealkylation sites (N-methyl/N-ethyl adjacent to an activating group) is 1. The van der Waals surface area contributed by atoms with Gasteiger partial charge in [-0.05, 0) is 18.1 Å². The number of urea groups is 1. The zero-order valence-electron chi connectivity index (χ0n) is 10.7. The highest BCUT2D eigenvalue weighted by atomic mass is 32.2. The second-order valence-corrected chi connectivity index (χ2v) is 5.55. The monoisotopic (exact) mass is 284 g/mol. The predicted molar refractivity (Wildman–Crippen MR) is 72.7 cm³/mol. The number of aliphatic hydroxyl groups excluding tert-OH is 1. The number of benzene rings is 1. The van der Waals surface area contributed by atoms with Gasteiger partial charge < -0.3 is 15.3 Å². The Bertz CT molecular complexity index is 470. The first-order valence-corrected chi connectivity index (χ1v) is 7.15. The van der Waals surface area contributed by atoms with E-state index in [1.807, 2.05) is 6.07 Å². The van der Waals surface area contributed by atoms with Gasteiger partial charge in [0, 0.05) is 24.2 Å². The molecule has 0 spiro atoms. The molecule has 0 saturated heterocycles. The third kappa shape index (κ3) is 3.19. The number of halogens is 1. The molecule has 1 aromatic carbocycles. The molecular weight excluding hydrogens is 267 g/mol. The Morgan fingerprint density at radius 3 is 3.16 bits per heavy atom. The second-order valence-electron chi connectivity index (χ2n) is 4.44. The molecule has 1 heterocycles. The largest absolute Gasteiger partial charge is 0.395 e. The summed E-state index contributed by atoms with van der Waals surface area (Å²) in [7, 11) is 1.62. The highest BCUT2D eigenvalue weighted by Crippen LogP contribution is 2.37. The molecule has 19 heavy (non-hydrogen) atoms. The summed E-state index contributed by atoms with van der Waals surface area (Å²) in [5.74, 6) is 0.549. The maximum absolute atomic E-state index is 13.7. The van der Waals surface area contributed by atoms with E-state index in [9.17, 15) is 9.18 Å². The number of nitrogens with one attached hydrogen (secondary N) is 1. The van der Waals surface area contributed by atoms with Gasteiger partial charge in [0.05, 0.1) is 12.6 Å². The molecule has 0 fully saturated rings. The fourth-order valence-electron chi connectivity index (χ4n) is 2.05. The van der Waals surface area contributed by atoms with Crippen molar-refractivity contribution >= 4 is 17.8 Å². The Kier molecular flexibility index (Phi) is 4.66. The molecule has 1 aliphatic rings. The van der Waals surface area contributed by atoms with Gasteiger partial charge >= 0.3 is 6.03 Å². The molecule has 0 bridgehead atoms. The van der Waals surface area contributed by atoms with E-state index in [4.69, 9.17) is 5.11 Å². The highest BCUT2D eigenvalue weighted by molar-refractivity contribution is 7.99. The topological polar surface area (TPSA) is 52.6 Å². The van der Waals surface area contributed by atoms with Gasteiger partial charge in [0.15, 0.2) is 0 Å². The number of amides is 2. The Hall–Kier alpha value is -1.27. The fourth-order valence-corrected chi connectivity index (χ4v) is 3.19. The fraction of sp³-hybridized carbons (Fsp3) is 0.462. The van der Waals surface area contributed by atoms with Crippen molar-refractivity contribution in [3.63, 3.8) is 0 Å². The molecule has 104 valence electrons. The van der Waals surface area contributed by atoms with Gasteiger partial charge in [-0.1, -0.05) is 12.1 Å². The summed E-state index contributed by atoms with van der Waals surface area (Å²) in [4.78, 5) is 13.9. The lowest BCUT2D eigenvalue weighted by Crippen LogP contribution is -2.41. The van der Waals surface area contributed by atoms with Crippen molar-refractivity contribution in [3.8, 4) is 0 Å². The first kappa shape index (κ1) is 14.1. The molecule has 1 unspecified atom stereocenters. The van der Waals surface area contributed by atoms with Crippen LogP contribution in [0.3, 0.4) is 0 Å². The summed E-state index contributed by atoms with van der Waals surface area (Å²) in [5, 5.41) is 11.7. The minimum Gasteiger partial charge on any atom is -0.395 e. The number of carbonyl (C=O) groups excluding carboxylic acids is 1. The third-order valence-corrected chi connectivity index (χ3v) is 4.26. The lowest BCUT2D eigenvalue weighted by Gasteiger charge is -2.28. The highest BCUT2D eigenvalue weighted by Gasteiger charge is 2.25. The van der Waals surface area contributed by atoms with Crippen LogP contribution in [0.2, 0.25) is 0 Å². The van der Waals surface area contributed by atoms with Crippen molar-refractivity contribution in [1.82, 2.24) is 10.2 Å². The molecule has 2 N–H and O–H groups in total. The van der Waals surface area contributed by atoms with E-state index in [1.54, 1.807) is 13.1 Å². The number of nitrogens with zero attached hydrogens (tertiary/aromatic N) is 1. The van der Waals surface area contributed by atoms with Crippen LogP contribution in [0.1, 0.15) is 18.0 Å². The number of fused-ring (bicyclic) bond motifs is 1. The average Bonchev–Trinajstić information content (AvgIpc) is 2.40. The Morgan fingerprint density at radius 2 is 2.42 bits per heavy atom. The Balaban J connectivity index is 2.12. The first-order valence-electron chi connectivity index (χ1n) is 6.17. The van der Waals surface area contributed by atoms with Gasteiger partial charge in [-0.25, -0.2) is 9.18 Å². The molecule has 0 aliphatic carbocycles. The Morgan fingerprint density at radius 1 is 1.63 bits per heavy atom. The van der Waals surface area contributed by atoms with Crippen molar-refractivity contribution in [2.45, 2.75) is 17.4 Å². The van der Waals surface area contributed by atoms with Gasteiger partial charge in [0.1, 0.15) is 5.82 Å². The van der Waals surface area contributed by atoms with E-state index in [0.717, 1.165) is 17.7 Å². The summed E-state index contributed by atoms with van der Waals surface area (Å²) >= 11 is 1.48. The molecular formula is C13H17FN2O2S. The minimum atomic E-state index is -0.249. The van der Waals surface area contributed by atoms with Crippen molar-refractivity contribution in [3.05, 3.63) is 29.6 Å². The summed E-state index contributed by atoms with van der Waals surface area (Å²) in [6, 6.07) is 4.54. The van der Waals surface area contributed by atoms with Crippen molar-refractivity contribution < 1.29 is 14.3 Å². The van der Waals surface area contributed by atoms with Crippen LogP contribution in [-0.2, 0) is 0 Å². The van der Waals surface area contributed by atoms with Crippen LogP contribution in [0.4, 0.5) is 9.18 Å². The van der Waals surface area contributed by atoms with E-state index in [-0.39, 0.29) is 31.0 Å². The summed E-state index contributed by atoms with van der Waals surface area (Å²) in [6.45, 7) is 0.207. The smallest absolute Gasteiger partial charge is 0.317 e. The number of aliphatic hydroxyl groups is 1. The molecule has 6 heteroatoms. The molecule has 0 radical (unpaired) electrons. The molecule has 1 aliphatic heterocycles. The number of thioether (sulfide) groups is 1. The molecule has 2 amide bonds. The maximum atomic E-state index is 13.7. The van der Waals surface area contributed by atoms with Gasteiger partial charge in [-0.3, -0.25) is 0 Å². The molecule has 1 aromatic rings. The minimum absolute atomic E-state index is 0.0738. The normalized spacial score (nSPS) is 17.7. The number of hydrogen-bond donors (Lipinski definition) is 2. The Labute approximate surface area is 116 Å². The molecule has 2 rings (SSSR count). The van der Waals surface area contributed by atoms with Crippen LogP contribution in [0.15, 0.2) is 23.1 Å². The molecule has 4 nitrogen and oxygen atoms in total. The summed E-state index contributed by atoms with van der Waals surface area (Å²) in [5.41, 5.74) is 0.835. The van der Waals surface area contributed by atoms with E-state index in [0.29, 0.717) is 4.90 Å².